The molecular formula is C32H34N4O6S. The Morgan fingerprint density at radius 3 is 2.47 bits per heavy atom. The number of benzene rings is 1. The van der Waals surface area contributed by atoms with E-state index >= 15 is 0 Å². The van der Waals surface area contributed by atoms with Gasteiger partial charge in [0.15, 0.2) is 10.9 Å². The van der Waals surface area contributed by atoms with Gasteiger partial charge in [0.2, 0.25) is 0 Å². The van der Waals surface area contributed by atoms with Crippen molar-refractivity contribution in [2.75, 3.05) is 18.1 Å². The second-order valence-electron chi connectivity index (χ2n) is 10.4. The van der Waals surface area contributed by atoms with E-state index in [9.17, 15) is 19.5 Å². The van der Waals surface area contributed by atoms with Gasteiger partial charge in [-0.3, -0.25) is 14.5 Å². The third kappa shape index (κ3) is 5.52. The number of amides is 1. The fourth-order valence-electron chi connectivity index (χ4n) is 5.18. The summed E-state index contributed by atoms with van der Waals surface area (Å²) in [4.78, 5) is 50.5. The van der Waals surface area contributed by atoms with Gasteiger partial charge in [-0.15, -0.1) is 0 Å². The first-order valence-corrected chi connectivity index (χ1v) is 15.1. The zero-order valence-electron chi connectivity index (χ0n) is 24.8. The van der Waals surface area contributed by atoms with Gasteiger partial charge in [0, 0.05) is 6.20 Å². The summed E-state index contributed by atoms with van der Waals surface area (Å²) in [5.74, 6) is -2.03. The van der Waals surface area contributed by atoms with E-state index in [4.69, 9.17) is 9.47 Å². The highest BCUT2D eigenvalue weighted by Crippen LogP contribution is 2.44. The van der Waals surface area contributed by atoms with E-state index < -0.39 is 23.7 Å². The number of pyridine rings is 1. The smallest absolute Gasteiger partial charge is 0.350 e. The molecule has 0 saturated carbocycles. The van der Waals surface area contributed by atoms with Gasteiger partial charge in [0.05, 0.1) is 36.2 Å². The maximum atomic E-state index is 13.7. The molecule has 43 heavy (non-hydrogen) atoms. The first-order chi connectivity index (χ1) is 20.7. The number of imidazole rings is 1. The van der Waals surface area contributed by atoms with Gasteiger partial charge in [0.25, 0.3) is 5.78 Å². The maximum absolute atomic E-state index is 13.7. The average Bonchev–Trinajstić information content (AvgIpc) is 3.63. The van der Waals surface area contributed by atoms with Gasteiger partial charge in [-0.1, -0.05) is 49.3 Å². The third-order valence-electron chi connectivity index (χ3n) is 7.42. The number of fused-ring (bicyclic) bond motifs is 1. The molecule has 11 heteroatoms. The van der Waals surface area contributed by atoms with Crippen molar-refractivity contribution in [2.24, 2.45) is 0 Å². The number of carbonyl (C=O) groups is 3. The van der Waals surface area contributed by atoms with Crippen LogP contribution in [-0.4, -0.2) is 50.3 Å². The number of aliphatic hydroxyl groups is 1. The van der Waals surface area contributed by atoms with Crippen molar-refractivity contribution in [3.8, 4) is 5.75 Å². The summed E-state index contributed by atoms with van der Waals surface area (Å²) in [6.45, 7) is 9.93. The molecule has 4 aromatic rings. The second-order valence-corrected chi connectivity index (χ2v) is 11.3. The van der Waals surface area contributed by atoms with Gasteiger partial charge in [-0.25, -0.2) is 14.8 Å². The maximum Gasteiger partial charge on any atom is 0.350 e. The molecule has 5 rings (SSSR count). The minimum Gasteiger partial charge on any atom is -0.505 e. The largest absolute Gasteiger partial charge is 0.505 e. The summed E-state index contributed by atoms with van der Waals surface area (Å²) in [7, 11) is 0. The topological polar surface area (TPSA) is 123 Å². The van der Waals surface area contributed by atoms with Gasteiger partial charge in [0.1, 0.15) is 22.0 Å². The van der Waals surface area contributed by atoms with Gasteiger partial charge in [-0.05, 0) is 63.4 Å². The Balaban J connectivity index is 1.64. The van der Waals surface area contributed by atoms with Crippen molar-refractivity contribution in [3.63, 3.8) is 0 Å². The summed E-state index contributed by atoms with van der Waals surface area (Å²) in [6, 6.07) is 9.83. The predicted molar refractivity (Wildman–Crippen MR) is 164 cm³/mol. The van der Waals surface area contributed by atoms with Gasteiger partial charge in [-0.2, -0.15) is 0 Å². The highest BCUT2D eigenvalue weighted by Gasteiger charge is 2.49. The molecule has 1 fully saturated rings. The fraction of sp³-hybridized carbons (Fsp3) is 0.344. The number of ether oxygens (including phenoxy) is 2. The molecule has 0 radical (unpaired) electrons. The van der Waals surface area contributed by atoms with E-state index in [2.05, 4.69) is 16.9 Å². The molecule has 1 N–H and O–H groups in total. The summed E-state index contributed by atoms with van der Waals surface area (Å²) in [5.41, 5.74) is 3.16. The van der Waals surface area contributed by atoms with Crippen molar-refractivity contribution in [1.29, 1.82) is 0 Å². The Hall–Kier alpha value is -4.51. The lowest BCUT2D eigenvalue weighted by Gasteiger charge is -2.23. The average molecular weight is 603 g/mol. The van der Waals surface area contributed by atoms with E-state index in [0.29, 0.717) is 35.0 Å². The zero-order chi connectivity index (χ0) is 30.8. The monoisotopic (exact) mass is 602 g/mol. The van der Waals surface area contributed by atoms with Crippen molar-refractivity contribution in [1.82, 2.24) is 14.4 Å². The number of unbranched alkanes of at least 4 members (excludes halogenated alkanes) is 2. The summed E-state index contributed by atoms with van der Waals surface area (Å²) < 4.78 is 12.9. The number of aryl methyl sites for hydroxylation is 3. The van der Waals surface area contributed by atoms with Crippen LogP contribution in [0.1, 0.15) is 77.0 Å². The number of thiazole rings is 1. The van der Waals surface area contributed by atoms with E-state index in [0.717, 1.165) is 36.2 Å². The lowest BCUT2D eigenvalue weighted by Crippen LogP contribution is -2.29. The summed E-state index contributed by atoms with van der Waals surface area (Å²) >= 11 is 0.965. The molecule has 0 aliphatic carbocycles. The van der Waals surface area contributed by atoms with Crippen molar-refractivity contribution < 1.29 is 29.0 Å². The molecule has 1 amide bonds. The quantitative estimate of drug-likeness (QED) is 0.0761. The first kappa shape index (κ1) is 30.0. The highest BCUT2D eigenvalue weighted by atomic mass is 32.1. The van der Waals surface area contributed by atoms with Crippen molar-refractivity contribution in [2.45, 2.75) is 59.9 Å². The molecule has 1 aromatic carbocycles. The Kier molecular flexibility index (Phi) is 8.63. The van der Waals surface area contributed by atoms with Crippen LogP contribution in [0.2, 0.25) is 0 Å². The van der Waals surface area contributed by atoms with Gasteiger partial charge >= 0.3 is 11.9 Å². The number of Topliss-reactive ketones (excluding diaryl/α,β-unsaturated/α-hetero) is 1. The van der Waals surface area contributed by atoms with E-state index in [-0.39, 0.29) is 33.6 Å². The van der Waals surface area contributed by atoms with Crippen molar-refractivity contribution in [3.05, 3.63) is 81.3 Å². The molecule has 10 nitrogen and oxygen atoms in total. The predicted octanol–water partition coefficient (Wildman–Crippen LogP) is 6.09. The second kappa shape index (κ2) is 12.4. The Labute approximate surface area is 253 Å². The third-order valence-corrected chi connectivity index (χ3v) is 8.55. The number of carbonyl (C=O) groups excluding carboxylic acids is 3. The Bertz CT molecular complexity index is 1740. The molecule has 0 spiro atoms. The molecule has 4 heterocycles. The van der Waals surface area contributed by atoms with Gasteiger partial charge < -0.3 is 19.0 Å². The number of aliphatic hydroxyl groups excluding tert-OH is 1. The minimum atomic E-state index is -1.03. The summed E-state index contributed by atoms with van der Waals surface area (Å²) in [5, 5.41) is 11.9. The molecule has 224 valence electrons. The molecule has 1 atom stereocenters. The number of nitrogens with zero attached hydrogens (tertiary/aromatic N) is 4. The van der Waals surface area contributed by atoms with Crippen LogP contribution in [0.3, 0.4) is 0 Å². The van der Waals surface area contributed by atoms with Crippen LogP contribution < -0.4 is 9.64 Å². The van der Waals surface area contributed by atoms with Crippen LogP contribution in [-0.2, 0) is 14.3 Å². The normalized spacial score (nSPS) is 16.3. The molecular weight excluding hydrogens is 568 g/mol. The highest BCUT2D eigenvalue weighted by molar-refractivity contribution is 7.17. The van der Waals surface area contributed by atoms with Crippen molar-refractivity contribution >= 4 is 45.5 Å². The van der Waals surface area contributed by atoms with E-state index in [1.165, 1.54) is 4.90 Å². The fourth-order valence-corrected chi connectivity index (χ4v) is 6.17. The number of ketones is 1. The lowest BCUT2D eigenvalue weighted by molar-refractivity contribution is -0.132. The Morgan fingerprint density at radius 2 is 1.79 bits per heavy atom. The standard InChI is InChI=1S/C32H34N4O6S/c1-6-8-9-17-42-22-14-12-21(13-15-22)25-23(26(37)24-20(5)35-16-10-11-18(3)29(35)34-24)27(38)30(39)36(25)32-33-19(4)28(43-32)31(40)41-7-2/h10-16,25,37H,6-9,17H2,1-5H3/b26-23+. The minimum absolute atomic E-state index is 0.115. The van der Waals surface area contributed by atoms with Crippen LogP contribution in [0, 0.1) is 20.8 Å². The van der Waals surface area contributed by atoms with E-state index in [1.807, 2.05) is 29.7 Å². The number of hydrogen-bond donors (Lipinski definition) is 1. The van der Waals surface area contributed by atoms with Crippen LogP contribution >= 0.6 is 11.3 Å². The molecule has 1 aliphatic heterocycles. The number of anilines is 1. The summed E-state index contributed by atoms with van der Waals surface area (Å²) in [6.07, 6.45) is 4.91. The van der Waals surface area contributed by atoms with Crippen LogP contribution in [0.4, 0.5) is 5.13 Å². The molecule has 0 bridgehead atoms. The molecule has 1 unspecified atom stereocenters. The number of hydrogen-bond acceptors (Lipinski definition) is 9. The number of aromatic nitrogens is 3. The van der Waals surface area contributed by atoms with E-state index in [1.54, 1.807) is 45.0 Å². The Morgan fingerprint density at radius 1 is 1.05 bits per heavy atom. The lowest BCUT2D eigenvalue weighted by atomic mass is 9.96. The van der Waals surface area contributed by atoms with Crippen LogP contribution in [0.25, 0.3) is 11.4 Å². The zero-order valence-corrected chi connectivity index (χ0v) is 25.7. The first-order valence-electron chi connectivity index (χ1n) is 14.3. The number of rotatable bonds is 10. The number of esters is 1. The molecule has 1 aliphatic rings. The van der Waals surface area contributed by atoms with Crippen LogP contribution in [0.5, 0.6) is 5.75 Å². The molecule has 3 aromatic heterocycles. The van der Waals surface area contributed by atoms with Crippen LogP contribution in [0.15, 0.2) is 48.2 Å². The molecule has 1 saturated heterocycles. The SMILES string of the molecule is CCCCCOc1ccc(C2/C(=C(\O)c3nc4c(C)cccn4c3C)C(=O)C(=O)N2c2nc(C)c(C(=O)OCC)s2)cc1.